The molecule has 3 nitrogen and oxygen atoms in total. The van der Waals surface area contributed by atoms with E-state index in [0.29, 0.717) is 12.1 Å². The average Bonchev–Trinajstić information content (AvgIpc) is 2.67. The van der Waals surface area contributed by atoms with E-state index in [1.54, 1.807) is 6.07 Å². The van der Waals surface area contributed by atoms with Crippen LogP contribution in [0.2, 0.25) is 0 Å². The van der Waals surface area contributed by atoms with E-state index in [1.807, 2.05) is 32.9 Å². The van der Waals surface area contributed by atoms with Gasteiger partial charge in [0, 0.05) is 12.1 Å². The van der Waals surface area contributed by atoms with Crippen molar-refractivity contribution >= 4 is 5.91 Å². The first kappa shape index (κ1) is 16.6. The molecule has 1 aliphatic heterocycles. The van der Waals surface area contributed by atoms with E-state index < -0.39 is 11.8 Å². The van der Waals surface area contributed by atoms with Gasteiger partial charge in [0.15, 0.2) is 0 Å². The average molecular weight is 281 g/mol. The second-order valence-electron chi connectivity index (χ2n) is 5.47. The standard InChI is InChI=1S/C14H18FNO2.C2H6/c1-9-4-5-11-10(6-9)7-16(13(11)17)8-12(15)14(2,3)18;1-2/h4-6,12,18H,7-8H2,1-3H3;1-2H3. The SMILES string of the molecule is CC.Cc1ccc2c(c1)CN(CC(F)C(C)(C)O)C2=O. The molecule has 0 aromatic heterocycles. The maximum absolute atomic E-state index is 13.8. The zero-order valence-electron chi connectivity index (χ0n) is 12.9. The number of halogens is 1. The Morgan fingerprint density at radius 3 is 2.55 bits per heavy atom. The Balaban J connectivity index is 0.000000956. The molecule has 1 aromatic rings. The van der Waals surface area contributed by atoms with E-state index in [1.165, 1.54) is 18.7 Å². The number of amides is 1. The molecular formula is C16H24FNO2. The number of hydrogen-bond donors (Lipinski definition) is 1. The first-order valence-electron chi connectivity index (χ1n) is 7.04. The Kier molecular flexibility index (Phi) is 5.28. The summed E-state index contributed by atoms with van der Waals surface area (Å²) >= 11 is 0. The monoisotopic (exact) mass is 281 g/mol. The highest BCUT2D eigenvalue weighted by atomic mass is 19.1. The maximum atomic E-state index is 13.8. The van der Waals surface area contributed by atoms with Crippen LogP contribution in [0, 0.1) is 6.92 Å². The summed E-state index contributed by atoms with van der Waals surface area (Å²) in [5, 5.41) is 9.58. The van der Waals surface area contributed by atoms with E-state index in [2.05, 4.69) is 0 Å². The molecule has 2 rings (SSSR count). The van der Waals surface area contributed by atoms with Crippen molar-refractivity contribution in [1.82, 2.24) is 4.90 Å². The highest BCUT2D eigenvalue weighted by Crippen LogP contribution is 2.25. The van der Waals surface area contributed by atoms with Gasteiger partial charge in [-0.05, 0) is 32.4 Å². The molecule has 1 aromatic carbocycles. The first-order chi connectivity index (χ1) is 9.29. The van der Waals surface area contributed by atoms with Crippen molar-refractivity contribution in [2.45, 2.75) is 52.9 Å². The fraction of sp³-hybridized carbons (Fsp3) is 0.562. The molecule has 1 atom stereocenters. The molecule has 0 spiro atoms. The van der Waals surface area contributed by atoms with Gasteiger partial charge in [-0.15, -0.1) is 0 Å². The lowest BCUT2D eigenvalue weighted by atomic mass is 10.0. The van der Waals surface area contributed by atoms with Gasteiger partial charge >= 0.3 is 0 Å². The Hall–Kier alpha value is -1.42. The predicted octanol–water partition coefficient (Wildman–Crippen LogP) is 3.09. The van der Waals surface area contributed by atoms with E-state index in [4.69, 9.17) is 0 Å². The number of benzene rings is 1. The highest BCUT2D eigenvalue weighted by Gasteiger charge is 2.34. The van der Waals surface area contributed by atoms with Crippen LogP contribution in [0.3, 0.4) is 0 Å². The fourth-order valence-electron chi connectivity index (χ4n) is 2.07. The Bertz CT molecular complexity index is 480. The minimum absolute atomic E-state index is 0.0734. The minimum Gasteiger partial charge on any atom is -0.387 e. The summed E-state index contributed by atoms with van der Waals surface area (Å²) in [6, 6.07) is 5.61. The Labute approximate surface area is 120 Å². The van der Waals surface area contributed by atoms with Gasteiger partial charge in [-0.25, -0.2) is 4.39 Å². The van der Waals surface area contributed by atoms with Crippen molar-refractivity contribution in [1.29, 1.82) is 0 Å². The number of hydrogen-bond acceptors (Lipinski definition) is 2. The predicted molar refractivity (Wildman–Crippen MR) is 78.5 cm³/mol. The van der Waals surface area contributed by atoms with Crippen LogP contribution in [0.15, 0.2) is 18.2 Å². The molecule has 0 fully saturated rings. The minimum atomic E-state index is -1.45. The molecule has 0 radical (unpaired) electrons. The molecule has 1 amide bonds. The zero-order chi connectivity index (χ0) is 15.5. The van der Waals surface area contributed by atoms with Gasteiger partial charge in [-0.1, -0.05) is 31.5 Å². The van der Waals surface area contributed by atoms with E-state index in [0.717, 1.165) is 11.1 Å². The molecule has 112 valence electrons. The third-order valence-corrected chi connectivity index (χ3v) is 3.29. The lowest BCUT2D eigenvalue weighted by molar-refractivity contribution is -0.0159. The van der Waals surface area contributed by atoms with Crippen LogP contribution in [0.5, 0.6) is 0 Å². The number of aryl methyl sites for hydroxylation is 1. The molecular weight excluding hydrogens is 257 g/mol. The lowest BCUT2D eigenvalue weighted by Gasteiger charge is -2.26. The molecule has 1 N–H and O–H groups in total. The second-order valence-corrected chi connectivity index (χ2v) is 5.47. The van der Waals surface area contributed by atoms with E-state index in [9.17, 15) is 14.3 Å². The van der Waals surface area contributed by atoms with Crippen LogP contribution < -0.4 is 0 Å². The topological polar surface area (TPSA) is 40.5 Å². The molecule has 20 heavy (non-hydrogen) atoms. The molecule has 1 unspecified atom stereocenters. The van der Waals surface area contributed by atoms with E-state index >= 15 is 0 Å². The first-order valence-corrected chi connectivity index (χ1v) is 7.04. The van der Waals surface area contributed by atoms with Gasteiger partial charge in [0.25, 0.3) is 5.91 Å². The van der Waals surface area contributed by atoms with Crippen molar-refractivity contribution in [3.63, 3.8) is 0 Å². The van der Waals surface area contributed by atoms with Crippen molar-refractivity contribution in [2.24, 2.45) is 0 Å². The maximum Gasteiger partial charge on any atom is 0.254 e. The van der Waals surface area contributed by atoms with Crippen molar-refractivity contribution in [3.05, 3.63) is 34.9 Å². The number of alkyl halides is 1. The number of carbonyl (C=O) groups excluding carboxylic acids is 1. The van der Waals surface area contributed by atoms with Gasteiger partial charge in [-0.2, -0.15) is 0 Å². The third-order valence-electron chi connectivity index (χ3n) is 3.29. The zero-order valence-corrected chi connectivity index (χ0v) is 12.9. The van der Waals surface area contributed by atoms with Crippen LogP contribution >= 0.6 is 0 Å². The fourth-order valence-corrected chi connectivity index (χ4v) is 2.07. The van der Waals surface area contributed by atoms with Crippen molar-refractivity contribution in [2.75, 3.05) is 6.54 Å². The number of fused-ring (bicyclic) bond motifs is 1. The van der Waals surface area contributed by atoms with Gasteiger partial charge in [-0.3, -0.25) is 4.79 Å². The molecule has 0 saturated carbocycles. The molecule has 4 heteroatoms. The molecule has 1 heterocycles. The van der Waals surface area contributed by atoms with Gasteiger partial charge in [0.05, 0.1) is 12.1 Å². The molecule has 0 bridgehead atoms. The number of nitrogens with zero attached hydrogens (tertiary/aromatic N) is 1. The van der Waals surface area contributed by atoms with Crippen LogP contribution in [0.25, 0.3) is 0 Å². The lowest BCUT2D eigenvalue weighted by Crippen LogP contribution is -2.42. The van der Waals surface area contributed by atoms with Gasteiger partial charge in [0.1, 0.15) is 6.17 Å². The number of carbonyl (C=O) groups is 1. The highest BCUT2D eigenvalue weighted by molar-refractivity contribution is 5.98. The largest absolute Gasteiger partial charge is 0.387 e. The number of rotatable bonds is 3. The van der Waals surface area contributed by atoms with E-state index in [-0.39, 0.29) is 12.5 Å². The van der Waals surface area contributed by atoms with Crippen LogP contribution in [-0.4, -0.2) is 34.2 Å². The van der Waals surface area contributed by atoms with Crippen LogP contribution in [0.4, 0.5) is 4.39 Å². The summed E-state index contributed by atoms with van der Waals surface area (Å²) < 4.78 is 13.8. The molecule has 0 aliphatic carbocycles. The second kappa shape index (κ2) is 6.35. The quantitative estimate of drug-likeness (QED) is 0.925. The summed E-state index contributed by atoms with van der Waals surface area (Å²) in [6.07, 6.45) is -1.45. The van der Waals surface area contributed by atoms with Crippen LogP contribution in [0.1, 0.15) is 49.2 Å². The van der Waals surface area contributed by atoms with Gasteiger partial charge in [0.2, 0.25) is 0 Å². The summed E-state index contributed by atoms with van der Waals surface area (Å²) in [4.78, 5) is 13.5. The normalized spacial score (nSPS) is 15.6. The molecule has 1 aliphatic rings. The van der Waals surface area contributed by atoms with Crippen molar-refractivity contribution in [3.8, 4) is 0 Å². The van der Waals surface area contributed by atoms with Gasteiger partial charge < -0.3 is 10.0 Å². The smallest absolute Gasteiger partial charge is 0.254 e. The summed E-state index contributed by atoms with van der Waals surface area (Å²) in [5.74, 6) is -0.156. The molecule has 0 saturated heterocycles. The van der Waals surface area contributed by atoms with Crippen molar-refractivity contribution < 1.29 is 14.3 Å². The summed E-state index contributed by atoms with van der Waals surface area (Å²) in [6.45, 7) is 9.13. The summed E-state index contributed by atoms with van der Waals surface area (Å²) in [7, 11) is 0. The third kappa shape index (κ3) is 3.57. The summed E-state index contributed by atoms with van der Waals surface area (Å²) in [5.41, 5.74) is 1.24. The van der Waals surface area contributed by atoms with Crippen LogP contribution in [-0.2, 0) is 6.54 Å². The Morgan fingerprint density at radius 1 is 1.40 bits per heavy atom. The Morgan fingerprint density at radius 2 is 2.00 bits per heavy atom. The number of aliphatic hydroxyl groups is 1.